The second kappa shape index (κ2) is 7.15. The lowest BCUT2D eigenvalue weighted by Crippen LogP contribution is -2.09. The van der Waals surface area contributed by atoms with Crippen molar-refractivity contribution in [3.8, 4) is 18.4 Å². The summed E-state index contributed by atoms with van der Waals surface area (Å²) in [6.45, 7) is 0.495. The van der Waals surface area contributed by atoms with E-state index in [0.717, 1.165) is 0 Å². The Morgan fingerprint density at radius 3 is 3.06 bits per heavy atom. The largest absolute Gasteiger partial charge is 0.363 e. The Bertz CT molecular complexity index is 519. The lowest BCUT2D eigenvalue weighted by molar-refractivity contribution is -0.384. The van der Waals surface area contributed by atoms with Crippen molar-refractivity contribution < 1.29 is 4.92 Å². The molecule has 0 aromatic carbocycles. The van der Waals surface area contributed by atoms with E-state index in [1.54, 1.807) is 6.07 Å². The monoisotopic (exact) mass is 262 g/mol. The SMILES string of the molecule is C#CCSCCNc1nccc(C#N)c1[N+](=O)[O-]. The van der Waals surface area contributed by atoms with Crippen LogP contribution in [0.15, 0.2) is 12.3 Å². The highest BCUT2D eigenvalue weighted by Crippen LogP contribution is 2.25. The summed E-state index contributed by atoms with van der Waals surface area (Å²) in [5, 5.41) is 22.5. The molecule has 92 valence electrons. The third-order valence-electron chi connectivity index (χ3n) is 1.95. The van der Waals surface area contributed by atoms with E-state index in [4.69, 9.17) is 11.7 Å². The number of nitrogens with zero attached hydrogens (tertiary/aromatic N) is 3. The predicted molar refractivity (Wildman–Crippen MR) is 70.3 cm³/mol. The maximum atomic E-state index is 10.9. The molecule has 0 amide bonds. The highest BCUT2D eigenvalue weighted by Gasteiger charge is 2.20. The van der Waals surface area contributed by atoms with Crippen LogP contribution in [0.1, 0.15) is 5.56 Å². The van der Waals surface area contributed by atoms with E-state index in [1.165, 1.54) is 24.0 Å². The van der Waals surface area contributed by atoms with E-state index in [9.17, 15) is 10.1 Å². The number of aromatic nitrogens is 1. The second-order valence-corrected chi connectivity index (χ2v) is 4.21. The van der Waals surface area contributed by atoms with Crippen molar-refractivity contribution in [2.75, 3.05) is 23.4 Å². The fraction of sp³-hybridized carbons (Fsp3) is 0.273. The topological polar surface area (TPSA) is 91.8 Å². The van der Waals surface area contributed by atoms with Gasteiger partial charge in [-0.2, -0.15) is 5.26 Å². The van der Waals surface area contributed by atoms with Gasteiger partial charge >= 0.3 is 5.69 Å². The number of thioether (sulfide) groups is 1. The first-order chi connectivity index (χ1) is 8.70. The molecule has 7 heteroatoms. The minimum absolute atomic E-state index is 0.00576. The molecular formula is C11H10N4O2S. The zero-order valence-corrected chi connectivity index (χ0v) is 10.2. The summed E-state index contributed by atoms with van der Waals surface area (Å²) in [6, 6.07) is 3.09. The van der Waals surface area contributed by atoms with Crippen molar-refractivity contribution in [1.29, 1.82) is 5.26 Å². The second-order valence-electron chi connectivity index (χ2n) is 3.11. The average molecular weight is 262 g/mol. The first-order valence-corrected chi connectivity index (χ1v) is 6.14. The van der Waals surface area contributed by atoms with Crippen LogP contribution in [0.4, 0.5) is 11.5 Å². The summed E-state index contributed by atoms with van der Waals surface area (Å²) in [4.78, 5) is 14.1. The van der Waals surface area contributed by atoms with E-state index >= 15 is 0 Å². The van der Waals surface area contributed by atoms with E-state index in [-0.39, 0.29) is 17.1 Å². The highest BCUT2D eigenvalue weighted by atomic mass is 32.2. The number of anilines is 1. The van der Waals surface area contributed by atoms with Gasteiger partial charge in [0.15, 0.2) is 0 Å². The quantitative estimate of drug-likeness (QED) is 0.362. The van der Waals surface area contributed by atoms with Gasteiger partial charge < -0.3 is 5.32 Å². The van der Waals surface area contributed by atoms with Gasteiger partial charge in [0, 0.05) is 18.5 Å². The maximum absolute atomic E-state index is 10.9. The molecule has 1 heterocycles. The molecule has 18 heavy (non-hydrogen) atoms. The van der Waals surface area contributed by atoms with E-state index in [1.807, 2.05) is 0 Å². The Labute approximate surface area is 109 Å². The predicted octanol–water partition coefficient (Wildman–Crippen LogP) is 1.64. The summed E-state index contributed by atoms with van der Waals surface area (Å²) < 4.78 is 0. The van der Waals surface area contributed by atoms with Gasteiger partial charge in [0.25, 0.3) is 0 Å². The fourth-order valence-corrected chi connectivity index (χ4v) is 1.74. The van der Waals surface area contributed by atoms with Crippen LogP contribution in [0.5, 0.6) is 0 Å². The molecule has 1 aromatic heterocycles. The van der Waals surface area contributed by atoms with Gasteiger partial charge in [-0.3, -0.25) is 10.1 Å². The molecule has 0 aliphatic rings. The molecule has 6 nitrogen and oxygen atoms in total. The van der Waals surface area contributed by atoms with E-state index < -0.39 is 4.92 Å². The van der Waals surface area contributed by atoms with Gasteiger partial charge in [-0.25, -0.2) is 4.98 Å². The molecule has 0 aliphatic heterocycles. The molecule has 1 aromatic rings. The summed E-state index contributed by atoms with van der Waals surface area (Å²) in [5.74, 6) is 3.89. The number of rotatable bonds is 6. The van der Waals surface area contributed by atoms with Gasteiger partial charge in [0.05, 0.1) is 10.7 Å². The molecule has 0 radical (unpaired) electrons. The molecule has 0 bridgehead atoms. The van der Waals surface area contributed by atoms with Crippen LogP contribution >= 0.6 is 11.8 Å². The molecule has 0 fully saturated rings. The number of nitrogens with one attached hydrogen (secondary N) is 1. The summed E-state index contributed by atoms with van der Waals surface area (Å²) >= 11 is 1.54. The average Bonchev–Trinajstić information content (AvgIpc) is 2.37. The van der Waals surface area contributed by atoms with Crippen LogP contribution in [0.25, 0.3) is 0 Å². The lowest BCUT2D eigenvalue weighted by atomic mass is 10.2. The zero-order chi connectivity index (χ0) is 13.4. The standard InChI is InChI=1S/C11H10N4O2S/c1-2-6-18-7-5-14-11-10(15(16)17)9(8-12)3-4-13-11/h1,3-4H,5-7H2,(H,13,14). The highest BCUT2D eigenvalue weighted by molar-refractivity contribution is 7.99. The molecule has 0 aliphatic carbocycles. The number of hydrogen-bond donors (Lipinski definition) is 1. The maximum Gasteiger partial charge on any atom is 0.328 e. The minimum Gasteiger partial charge on any atom is -0.363 e. The van der Waals surface area contributed by atoms with Crippen molar-refractivity contribution in [3.05, 3.63) is 27.9 Å². The molecule has 0 saturated carbocycles. The van der Waals surface area contributed by atoms with E-state index in [2.05, 4.69) is 16.2 Å². The summed E-state index contributed by atoms with van der Waals surface area (Å²) in [5.41, 5.74) is -0.296. The van der Waals surface area contributed by atoms with Crippen LogP contribution in [-0.2, 0) is 0 Å². The van der Waals surface area contributed by atoms with Crippen molar-refractivity contribution in [2.45, 2.75) is 0 Å². The third-order valence-corrected chi connectivity index (χ3v) is 2.82. The number of pyridine rings is 1. The van der Waals surface area contributed by atoms with Crippen molar-refractivity contribution in [3.63, 3.8) is 0 Å². The zero-order valence-electron chi connectivity index (χ0n) is 9.42. The Balaban J connectivity index is 2.74. The molecule has 0 atom stereocenters. The lowest BCUT2D eigenvalue weighted by Gasteiger charge is -2.05. The fourth-order valence-electron chi connectivity index (χ4n) is 1.23. The van der Waals surface area contributed by atoms with Crippen molar-refractivity contribution >= 4 is 23.3 Å². The molecule has 1 N–H and O–H groups in total. The number of nitriles is 1. The Hall–Kier alpha value is -2.25. The first-order valence-electron chi connectivity index (χ1n) is 4.99. The smallest absolute Gasteiger partial charge is 0.328 e. The normalized spacial score (nSPS) is 9.22. The Morgan fingerprint density at radius 2 is 2.44 bits per heavy atom. The van der Waals surface area contributed by atoms with Gasteiger partial charge in [-0.1, -0.05) is 5.92 Å². The van der Waals surface area contributed by atoms with Crippen LogP contribution in [0.2, 0.25) is 0 Å². The Morgan fingerprint density at radius 1 is 1.67 bits per heavy atom. The van der Waals surface area contributed by atoms with Gasteiger partial charge in [0.1, 0.15) is 11.6 Å². The first kappa shape index (κ1) is 13.8. The Kier molecular flexibility index (Phi) is 5.49. The summed E-state index contributed by atoms with van der Waals surface area (Å²) in [7, 11) is 0. The number of terminal acetylenes is 1. The molecule has 1 rings (SSSR count). The number of hydrogen-bond acceptors (Lipinski definition) is 6. The van der Waals surface area contributed by atoms with Crippen LogP contribution in [0.3, 0.4) is 0 Å². The molecule has 0 unspecified atom stereocenters. The van der Waals surface area contributed by atoms with Crippen LogP contribution < -0.4 is 5.32 Å². The molecule has 0 saturated heterocycles. The van der Waals surface area contributed by atoms with Gasteiger partial charge in [0.2, 0.25) is 5.82 Å². The van der Waals surface area contributed by atoms with E-state index in [0.29, 0.717) is 18.1 Å². The molecule has 0 spiro atoms. The van der Waals surface area contributed by atoms with Crippen LogP contribution in [-0.4, -0.2) is 28.0 Å². The van der Waals surface area contributed by atoms with Gasteiger partial charge in [-0.15, -0.1) is 18.2 Å². The van der Waals surface area contributed by atoms with Crippen molar-refractivity contribution in [1.82, 2.24) is 4.98 Å². The van der Waals surface area contributed by atoms with Gasteiger partial charge in [-0.05, 0) is 6.07 Å². The van der Waals surface area contributed by atoms with Crippen molar-refractivity contribution in [2.24, 2.45) is 0 Å². The molecular weight excluding hydrogens is 252 g/mol. The van der Waals surface area contributed by atoms with Crippen LogP contribution in [0, 0.1) is 33.8 Å². The third kappa shape index (κ3) is 3.65. The summed E-state index contributed by atoms with van der Waals surface area (Å²) in [6.07, 6.45) is 6.46. The number of nitro groups is 1. The minimum atomic E-state index is -0.609.